The van der Waals surface area contributed by atoms with Gasteiger partial charge in [-0.05, 0) is 49.5 Å². The molecule has 4 aliphatic heterocycles. The number of ether oxygens (including phenoxy) is 2. The Morgan fingerprint density at radius 3 is 2.48 bits per heavy atom. The highest BCUT2D eigenvalue weighted by molar-refractivity contribution is 5.78. The van der Waals surface area contributed by atoms with Crippen LogP contribution in [0.5, 0.6) is 0 Å². The first-order valence-electron chi connectivity index (χ1n) is 9.64. The molecule has 27 heavy (non-hydrogen) atoms. The van der Waals surface area contributed by atoms with Crippen molar-refractivity contribution in [3.8, 4) is 0 Å². The molecule has 0 N–H and O–H groups in total. The molecule has 0 spiro atoms. The van der Waals surface area contributed by atoms with Crippen LogP contribution in [0, 0.1) is 17.6 Å². The Morgan fingerprint density at radius 2 is 1.81 bits per heavy atom. The van der Waals surface area contributed by atoms with Crippen LogP contribution in [0.15, 0.2) is 18.2 Å². The molecule has 1 aromatic carbocycles. The Hall–Kier alpha value is -1.57. The van der Waals surface area contributed by atoms with Gasteiger partial charge < -0.3 is 14.4 Å². The number of carbonyl (C=O) groups is 1. The molecule has 5 nitrogen and oxygen atoms in total. The van der Waals surface area contributed by atoms with E-state index in [-0.39, 0.29) is 30.5 Å². The van der Waals surface area contributed by atoms with E-state index in [2.05, 4.69) is 4.90 Å². The highest BCUT2D eigenvalue weighted by atomic mass is 19.1. The summed E-state index contributed by atoms with van der Waals surface area (Å²) in [6.45, 7) is 3.30. The third-order valence-corrected chi connectivity index (χ3v) is 6.28. The molecule has 1 amide bonds. The van der Waals surface area contributed by atoms with Crippen molar-refractivity contribution in [3.63, 3.8) is 0 Å². The average Bonchev–Trinajstić information content (AvgIpc) is 3.08. The Bertz CT molecular complexity index is 674. The number of hydrogen-bond donors (Lipinski definition) is 0. The summed E-state index contributed by atoms with van der Waals surface area (Å²) in [5, 5.41) is 0. The average molecular weight is 380 g/mol. The fourth-order valence-corrected chi connectivity index (χ4v) is 5.17. The highest BCUT2D eigenvalue weighted by Crippen LogP contribution is 2.46. The quantitative estimate of drug-likeness (QED) is 0.708. The molecule has 4 aliphatic rings. The minimum absolute atomic E-state index is 0.0174. The van der Waals surface area contributed by atoms with Gasteiger partial charge >= 0.3 is 0 Å². The number of nitrogens with zero attached hydrogens (tertiary/aromatic N) is 2. The molecule has 4 saturated heterocycles. The van der Waals surface area contributed by atoms with Gasteiger partial charge in [-0.2, -0.15) is 0 Å². The van der Waals surface area contributed by atoms with E-state index in [1.165, 1.54) is 12.1 Å². The van der Waals surface area contributed by atoms with Gasteiger partial charge in [-0.25, -0.2) is 8.78 Å². The van der Waals surface area contributed by atoms with Gasteiger partial charge in [-0.15, -0.1) is 0 Å². The van der Waals surface area contributed by atoms with Crippen molar-refractivity contribution in [2.45, 2.75) is 30.8 Å². The van der Waals surface area contributed by atoms with Crippen LogP contribution in [0.1, 0.15) is 24.3 Å². The third-order valence-electron chi connectivity index (χ3n) is 6.28. The summed E-state index contributed by atoms with van der Waals surface area (Å²) < 4.78 is 38.0. The summed E-state index contributed by atoms with van der Waals surface area (Å²) in [5.74, 6) is -0.804. The second kappa shape index (κ2) is 7.81. The number of rotatable bonds is 6. The zero-order valence-electron chi connectivity index (χ0n) is 15.6. The number of halogens is 2. The largest absolute Gasteiger partial charge is 0.382 e. The van der Waals surface area contributed by atoms with Gasteiger partial charge in [0.15, 0.2) is 0 Å². The van der Waals surface area contributed by atoms with Gasteiger partial charge in [0.05, 0.1) is 19.3 Å². The Balaban J connectivity index is 1.57. The van der Waals surface area contributed by atoms with E-state index in [1.807, 2.05) is 4.90 Å². The molecule has 7 heteroatoms. The Morgan fingerprint density at radius 1 is 1.11 bits per heavy atom. The minimum Gasteiger partial charge on any atom is -0.382 e. The summed E-state index contributed by atoms with van der Waals surface area (Å²) >= 11 is 0. The van der Waals surface area contributed by atoms with Gasteiger partial charge in [0.1, 0.15) is 18.2 Å². The third kappa shape index (κ3) is 3.60. The first-order chi connectivity index (χ1) is 13.1. The first-order valence-corrected chi connectivity index (χ1v) is 9.64. The molecule has 0 unspecified atom stereocenters. The van der Waals surface area contributed by atoms with Gasteiger partial charge in [-0.1, -0.05) is 0 Å². The standard InChI is InChI=1S/C20H26F2N2O3/c1-26-6-7-27-12-18(25)24-11-17(14-8-15(21)10-16(22)9-14)20-19(24)13-2-4-23(20)5-3-13/h8-10,13,17,19-20H,2-7,11-12H2,1H3/t17-,19+,20+/m1/s1. The van der Waals surface area contributed by atoms with E-state index < -0.39 is 11.6 Å². The Labute approximate surface area is 158 Å². The summed E-state index contributed by atoms with van der Waals surface area (Å²) in [6, 6.07) is 3.95. The van der Waals surface area contributed by atoms with Crippen molar-refractivity contribution >= 4 is 5.91 Å². The molecule has 4 fully saturated rings. The van der Waals surface area contributed by atoms with E-state index in [0.29, 0.717) is 31.2 Å². The molecule has 0 aliphatic carbocycles. The van der Waals surface area contributed by atoms with Crippen LogP contribution < -0.4 is 0 Å². The van der Waals surface area contributed by atoms with E-state index >= 15 is 0 Å². The number of fused-ring (bicyclic) bond motifs is 2. The van der Waals surface area contributed by atoms with Crippen molar-refractivity contribution < 1.29 is 23.0 Å². The molecule has 2 bridgehead atoms. The maximum atomic E-state index is 13.8. The molecular formula is C20H26F2N2O3. The van der Waals surface area contributed by atoms with Crippen molar-refractivity contribution in [1.29, 1.82) is 0 Å². The van der Waals surface area contributed by atoms with Crippen LogP contribution in [-0.2, 0) is 14.3 Å². The topological polar surface area (TPSA) is 42.0 Å². The lowest BCUT2D eigenvalue weighted by Crippen LogP contribution is -2.61. The minimum atomic E-state index is -0.565. The van der Waals surface area contributed by atoms with Crippen LogP contribution in [-0.4, -0.2) is 74.4 Å². The number of benzene rings is 1. The van der Waals surface area contributed by atoms with E-state index in [4.69, 9.17) is 9.47 Å². The van der Waals surface area contributed by atoms with Crippen molar-refractivity contribution in [3.05, 3.63) is 35.4 Å². The summed E-state index contributed by atoms with van der Waals surface area (Å²) in [7, 11) is 1.59. The van der Waals surface area contributed by atoms with Crippen LogP contribution in [0.25, 0.3) is 0 Å². The molecule has 3 atom stereocenters. The monoisotopic (exact) mass is 380 g/mol. The molecule has 1 aromatic rings. The Kier molecular flexibility index (Phi) is 5.43. The van der Waals surface area contributed by atoms with E-state index in [1.54, 1.807) is 7.11 Å². The lowest BCUT2D eigenvalue weighted by Gasteiger charge is -2.51. The smallest absolute Gasteiger partial charge is 0.248 e. The second-order valence-electron chi connectivity index (χ2n) is 7.76. The number of likely N-dealkylation sites (tertiary alicyclic amines) is 1. The first kappa shape index (κ1) is 18.8. The van der Waals surface area contributed by atoms with Gasteiger partial charge in [-0.3, -0.25) is 9.69 Å². The number of amides is 1. The molecule has 0 aromatic heterocycles. The fourth-order valence-electron chi connectivity index (χ4n) is 5.17. The maximum Gasteiger partial charge on any atom is 0.248 e. The molecular weight excluding hydrogens is 354 g/mol. The summed E-state index contributed by atoms with van der Waals surface area (Å²) in [5.41, 5.74) is 0.644. The molecule has 4 heterocycles. The lowest BCUT2D eigenvalue weighted by molar-refractivity contribution is -0.141. The molecule has 148 valence electrons. The zero-order chi connectivity index (χ0) is 19.0. The highest BCUT2D eigenvalue weighted by Gasteiger charge is 2.54. The zero-order valence-corrected chi connectivity index (χ0v) is 15.6. The molecule has 5 rings (SSSR count). The normalized spacial score (nSPS) is 32.0. The van der Waals surface area contributed by atoms with Crippen LogP contribution in [0.3, 0.4) is 0 Å². The molecule has 0 radical (unpaired) electrons. The number of hydrogen-bond acceptors (Lipinski definition) is 4. The fraction of sp³-hybridized carbons (Fsp3) is 0.650. The SMILES string of the molecule is COCCOCC(=O)N1C[C@H](c2cc(F)cc(F)c2)[C@H]2[C@@H]1C1CCN2CC1. The van der Waals surface area contributed by atoms with Gasteiger partial charge in [0, 0.05) is 31.7 Å². The maximum absolute atomic E-state index is 13.8. The predicted octanol–water partition coefficient (Wildman–Crippen LogP) is 2.02. The second-order valence-corrected chi connectivity index (χ2v) is 7.76. The number of piperidine rings is 3. The van der Waals surface area contributed by atoms with Crippen molar-refractivity contribution in [1.82, 2.24) is 9.80 Å². The lowest BCUT2D eigenvalue weighted by atomic mass is 9.75. The summed E-state index contributed by atoms with van der Waals surface area (Å²) in [6.07, 6.45) is 2.14. The van der Waals surface area contributed by atoms with Crippen LogP contribution in [0.4, 0.5) is 8.78 Å². The van der Waals surface area contributed by atoms with Gasteiger partial charge in [0.2, 0.25) is 5.91 Å². The van der Waals surface area contributed by atoms with Gasteiger partial charge in [0.25, 0.3) is 0 Å². The van der Waals surface area contributed by atoms with Crippen LogP contribution >= 0.6 is 0 Å². The van der Waals surface area contributed by atoms with E-state index in [9.17, 15) is 13.6 Å². The molecule has 0 saturated carbocycles. The summed E-state index contributed by atoms with van der Waals surface area (Å²) in [4.78, 5) is 17.1. The van der Waals surface area contributed by atoms with E-state index in [0.717, 1.165) is 32.0 Å². The number of carbonyl (C=O) groups excluding carboxylic acids is 1. The van der Waals surface area contributed by atoms with Crippen LogP contribution in [0.2, 0.25) is 0 Å². The van der Waals surface area contributed by atoms with Crippen molar-refractivity contribution in [2.75, 3.05) is 46.6 Å². The predicted molar refractivity (Wildman–Crippen MR) is 95.4 cm³/mol. The van der Waals surface area contributed by atoms with Crippen molar-refractivity contribution in [2.24, 2.45) is 5.92 Å². The number of methoxy groups -OCH3 is 1.